The molecule has 0 spiro atoms. The second-order valence-corrected chi connectivity index (χ2v) is 9.05. The first kappa shape index (κ1) is 19.8. The topological polar surface area (TPSA) is 20.3 Å². The third-order valence-electron chi connectivity index (χ3n) is 3.80. The van der Waals surface area contributed by atoms with Crippen molar-refractivity contribution in [3.05, 3.63) is 0 Å². The molecule has 0 N–H and O–H groups in total. The molecule has 0 saturated carbocycles. The fraction of sp³-hybridized carbons (Fsp3) is 0.938. The number of rotatable bonds is 7. The summed E-state index contributed by atoms with van der Waals surface area (Å²) in [6.07, 6.45) is 1.81. The molecular weight excluding hydrogens is 268 g/mol. The lowest BCUT2D eigenvalue weighted by Crippen LogP contribution is -2.46. The largest absolute Gasteiger partial charge is 0.344 e. The van der Waals surface area contributed by atoms with Crippen molar-refractivity contribution >= 4 is 18.5 Å². The van der Waals surface area contributed by atoms with E-state index in [1.165, 1.54) is 0 Å². The van der Waals surface area contributed by atoms with E-state index < -0.39 is 4.75 Å². The van der Waals surface area contributed by atoms with Crippen molar-refractivity contribution in [2.24, 2.45) is 5.41 Å². The predicted molar refractivity (Wildman–Crippen MR) is 91.2 cm³/mol. The molecule has 1 amide bonds. The van der Waals surface area contributed by atoms with Crippen LogP contribution in [0.25, 0.3) is 0 Å². The molecule has 0 aliphatic rings. The van der Waals surface area contributed by atoms with Crippen molar-refractivity contribution in [3.63, 3.8) is 0 Å². The molecule has 120 valence electrons. The third kappa shape index (κ3) is 7.53. The average Bonchev–Trinajstić information content (AvgIpc) is 2.24. The average molecular weight is 304 g/mol. The maximum Gasteiger partial charge on any atom is 0.238 e. The van der Waals surface area contributed by atoms with Crippen molar-refractivity contribution < 1.29 is 9.28 Å². The van der Waals surface area contributed by atoms with Gasteiger partial charge in [-0.2, -0.15) is 12.6 Å². The zero-order chi connectivity index (χ0) is 16.2. The van der Waals surface area contributed by atoms with Crippen molar-refractivity contribution in [2.45, 2.75) is 52.2 Å². The third-order valence-corrected chi connectivity index (χ3v) is 4.14. The quantitative estimate of drug-likeness (QED) is 0.566. The first-order valence-corrected chi connectivity index (χ1v) is 8.05. The van der Waals surface area contributed by atoms with Crippen LogP contribution in [0.15, 0.2) is 0 Å². The number of quaternary nitrogens is 1. The molecule has 1 atom stereocenters. The summed E-state index contributed by atoms with van der Waals surface area (Å²) in [5, 5.41) is 0. The molecule has 0 radical (unpaired) electrons. The fourth-order valence-corrected chi connectivity index (χ4v) is 3.16. The van der Waals surface area contributed by atoms with Gasteiger partial charge in [-0.05, 0) is 25.7 Å². The molecule has 0 aromatic rings. The Morgan fingerprint density at radius 2 is 1.70 bits per heavy atom. The monoisotopic (exact) mass is 303 g/mol. The highest BCUT2D eigenvalue weighted by molar-refractivity contribution is 7.82. The Morgan fingerprint density at radius 1 is 1.20 bits per heavy atom. The van der Waals surface area contributed by atoms with Crippen molar-refractivity contribution in [2.75, 3.05) is 40.8 Å². The van der Waals surface area contributed by atoms with Gasteiger partial charge < -0.3 is 9.38 Å². The maximum absolute atomic E-state index is 12.5. The van der Waals surface area contributed by atoms with Gasteiger partial charge in [-0.3, -0.25) is 4.79 Å². The van der Waals surface area contributed by atoms with E-state index in [1.54, 1.807) is 0 Å². The molecule has 0 heterocycles. The van der Waals surface area contributed by atoms with Gasteiger partial charge >= 0.3 is 0 Å². The number of nitrogens with zero attached hydrogens (tertiary/aromatic N) is 2. The fourth-order valence-electron chi connectivity index (χ4n) is 2.52. The molecular formula is C16H35N2OS+. The summed E-state index contributed by atoms with van der Waals surface area (Å²) in [4.78, 5) is 14.4. The summed E-state index contributed by atoms with van der Waals surface area (Å²) < 4.78 is 0.421. The summed E-state index contributed by atoms with van der Waals surface area (Å²) in [6, 6.07) is 0. The maximum atomic E-state index is 12.5. The number of hydrogen-bond acceptors (Lipinski definition) is 2. The minimum Gasteiger partial charge on any atom is -0.344 e. The lowest BCUT2D eigenvalue weighted by atomic mass is 9.84. The van der Waals surface area contributed by atoms with E-state index in [9.17, 15) is 4.79 Å². The lowest BCUT2D eigenvalue weighted by Gasteiger charge is -2.34. The lowest BCUT2D eigenvalue weighted by molar-refractivity contribution is -0.888. The zero-order valence-corrected chi connectivity index (χ0v) is 15.7. The molecule has 0 rings (SSSR count). The van der Waals surface area contributed by atoms with Crippen LogP contribution < -0.4 is 0 Å². The van der Waals surface area contributed by atoms with Crippen LogP contribution >= 0.6 is 12.6 Å². The van der Waals surface area contributed by atoms with Crippen molar-refractivity contribution in [1.82, 2.24) is 4.90 Å². The molecule has 0 fully saturated rings. The Bertz CT molecular complexity index is 319. The van der Waals surface area contributed by atoms with Crippen LogP contribution in [0.5, 0.6) is 0 Å². The molecule has 0 aromatic carbocycles. The SMILES string of the molecule is CC[N+](C)(C)CCCN(C)C(=O)C(C)(S)CC(C)(C)C. The van der Waals surface area contributed by atoms with E-state index in [4.69, 9.17) is 0 Å². The van der Waals surface area contributed by atoms with E-state index in [1.807, 2.05) is 18.9 Å². The van der Waals surface area contributed by atoms with E-state index in [0.717, 1.165) is 37.0 Å². The van der Waals surface area contributed by atoms with E-state index in [-0.39, 0.29) is 11.3 Å². The minimum absolute atomic E-state index is 0.105. The summed E-state index contributed by atoms with van der Waals surface area (Å²) in [7, 11) is 6.35. The van der Waals surface area contributed by atoms with Gasteiger partial charge in [0.25, 0.3) is 0 Å². The molecule has 0 aliphatic carbocycles. The van der Waals surface area contributed by atoms with Crippen LogP contribution in [-0.4, -0.2) is 60.8 Å². The highest BCUT2D eigenvalue weighted by Gasteiger charge is 2.35. The van der Waals surface area contributed by atoms with Crippen molar-refractivity contribution in [3.8, 4) is 0 Å². The first-order valence-electron chi connectivity index (χ1n) is 7.61. The van der Waals surface area contributed by atoms with Gasteiger partial charge in [0.05, 0.1) is 31.9 Å². The van der Waals surface area contributed by atoms with Gasteiger partial charge in [0.1, 0.15) is 0 Å². The van der Waals surface area contributed by atoms with Crippen LogP contribution in [0, 0.1) is 5.41 Å². The molecule has 4 heteroatoms. The van der Waals surface area contributed by atoms with Crippen LogP contribution in [-0.2, 0) is 4.79 Å². The van der Waals surface area contributed by atoms with E-state index in [2.05, 4.69) is 54.4 Å². The summed E-state index contributed by atoms with van der Waals surface area (Å²) >= 11 is 4.62. The van der Waals surface area contributed by atoms with Gasteiger partial charge in [-0.25, -0.2) is 0 Å². The summed E-state index contributed by atoms with van der Waals surface area (Å²) in [6.45, 7) is 13.6. The minimum atomic E-state index is -0.581. The number of hydrogen-bond donors (Lipinski definition) is 1. The Labute approximate surface area is 131 Å². The molecule has 0 aromatic heterocycles. The molecule has 0 bridgehead atoms. The molecule has 1 unspecified atom stereocenters. The highest BCUT2D eigenvalue weighted by atomic mass is 32.1. The Kier molecular flexibility index (Phi) is 7.09. The first-order chi connectivity index (χ1) is 8.81. The van der Waals surface area contributed by atoms with Crippen LogP contribution in [0.4, 0.5) is 0 Å². The summed E-state index contributed by atoms with van der Waals surface area (Å²) in [5.74, 6) is 0.137. The second kappa shape index (κ2) is 7.17. The summed E-state index contributed by atoms with van der Waals surface area (Å²) in [5.41, 5.74) is 0.105. The van der Waals surface area contributed by atoms with Crippen LogP contribution in [0.3, 0.4) is 0 Å². The van der Waals surface area contributed by atoms with Crippen molar-refractivity contribution in [1.29, 1.82) is 0 Å². The van der Waals surface area contributed by atoms with E-state index in [0.29, 0.717) is 0 Å². The van der Waals surface area contributed by atoms with Gasteiger partial charge in [-0.1, -0.05) is 20.8 Å². The zero-order valence-electron chi connectivity index (χ0n) is 14.8. The molecule has 20 heavy (non-hydrogen) atoms. The smallest absolute Gasteiger partial charge is 0.238 e. The Balaban J connectivity index is 4.41. The van der Waals surface area contributed by atoms with Gasteiger partial charge in [0, 0.05) is 20.0 Å². The van der Waals surface area contributed by atoms with Gasteiger partial charge in [0.2, 0.25) is 5.91 Å². The number of thiol groups is 1. The van der Waals surface area contributed by atoms with Crippen LogP contribution in [0.1, 0.15) is 47.5 Å². The highest BCUT2D eigenvalue weighted by Crippen LogP contribution is 2.32. The number of carbonyl (C=O) groups excluding carboxylic acids is 1. The normalized spacial score (nSPS) is 15.8. The number of carbonyl (C=O) groups is 1. The Hall–Kier alpha value is -0.220. The number of amides is 1. The van der Waals surface area contributed by atoms with Crippen LogP contribution in [0.2, 0.25) is 0 Å². The standard InChI is InChI=1S/C16H34N2OS/c1-9-18(7,8)12-10-11-17(6)14(19)16(5,20)13-15(2,3)4/h9-13H2,1-8H3/p+1. The molecule has 0 saturated heterocycles. The molecule has 3 nitrogen and oxygen atoms in total. The van der Waals surface area contributed by atoms with Gasteiger partial charge in [-0.15, -0.1) is 0 Å². The van der Waals surface area contributed by atoms with E-state index >= 15 is 0 Å². The Morgan fingerprint density at radius 3 is 2.10 bits per heavy atom. The van der Waals surface area contributed by atoms with Gasteiger partial charge in [0.15, 0.2) is 0 Å². The predicted octanol–water partition coefficient (Wildman–Crippen LogP) is 3.06. The molecule has 0 aliphatic heterocycles. The second-order valence-electron chi connectivity index (χ2n) is 8.07.